The van der Waals surface area contributed by atoms with Gasteiger partial charge in [-0.2, -0.15) is 5.10 Å². The van der Waals surface area contributed by atoms with Gasteiger partial charge >= 0.3 is 0 Å². The Morgan fingerprint density at radius 1 is 1.05 bits per heavy atom. The van der Waals surface area contributed by atoms with Crippen LogP contribution in [-0.4, -0.2) is 25.3 Å². The molecule has 1 amide bonds. The number of benzene rings is 2. The minimum Gasteiger partial charge on any atom is -0.493 e. The van der Waals surface area contributed by atoms with Crippen LogP contribution in [0.2, 0.25) is 0 Å². The van der Waals surface area contributed by atoms with Crippen molar-refractivity contribution in [1.82, 2.24) is 5.43 Å². The van der Waals surface area contributed by atoms with Crippen LogP contribution in [0.25, 0.3) is 0 Å². The topological polar surface area (TPSA) is 59.9 Å². The lowest BCUT2D eigenvalue weighted by atomic mass is 10.1. The van der Waals surface area contributed by atoms with E-state index in [1.54, 1.807) is 19.2 Å². The van der Waals surface area contributed by atoms with Crippen LogP contribution in [0.3, 0.4) is 0 Å². The van der Waals surface area contributed by atoms with Gasteiger partial charge in [0.25, 0.3) is 5.91 Å². The third-order valence-electron chi connectivity index (χ3n) is 2.97. The van der Waals surface area contributed by atoms with Gasteiger partial charge in [-0.1, -0.05) is 42.5 Å². The third kappa shape index (κ3) is 4.34. The number of nitrogens with zero attached hydrogens (tertiary/aromatic N) is 1. The molecular weight excluding hydrogens is 280 g/mol. The van der Waals surface area contributed by atoms with Gasteiger partial charge in [-0.25, -0.2) is 5.43 Å². The van der Waals surface area contributed by atoms with Gasteiger partial charge in [-0.05, 0) is 24.6 Å². The van der Waals surface area contributed by atoms with Crippen LogP contribution in [0.5, 0.6) is 11.5 Å². The zero-order valence-corrected chi connectivity index (χ0v) is 12.6. The highest BCUT2D eigenvalue weighted by Crippen LogP contribution is 2.25. The minimum absolute atomic E-state index is 0.133. The Hall–Kier alpha value is -2.82. The quantitative estimate of drug-likeness (QED) is 0.659. The summed E-state index contributed by atoms with van der Waals surface area (Å²) in [5.74, 6) is 0.768. The van der Waals surface area contributed by atoms with E-state index in [0.717, 1.165) is 11.3 Å². The van der Waals surface area contributed by atoms with Crippen molar-refractivity contribution in [2.75, 3.05) is 13.7 Å². The first-order chi connectivity index (χ1) is 10.7. The molecule has 2 rings (SSSR count). The highest BCUT2D eigenvalue weighted by molar-refractivity contribution is 5.99. The van der Waals surface area contributed by atoms with Crippen molar-refractivity contribution in [2.45, 2.75) is 6.92 Å². The normalized spacial score (nSPS) is 10.9. The highest BCUT2D eigenvalue weighted by Gasteiger charge is 2.06. The molecule has 2 aromatic rings. The minimum atomic E-state index is -0.332. The predicted molar refractivity (Wildman–Crippen MR) is 85.3 cm³/mol. The zero-order chi connectivity index (χ0) is 15.8. The Morgan fingerprint density at radius 3 is 2.36 bits per heavy atom. The van der Waals surface area contributed by atoms with Crippen molar-refractivity contribution in [3.8, 4) is 11.5 Å². The smallest absolute Gasteiger partial charge is 0.277 e. The lowest BCUT2D eigenvalue weighted by Gasteiger charge is -2.09. The van der Waals surface area contributed by atoms with Crippen molar-refractivity contribution in [3.05, 3.63) is 60.2 Å². The average molecular weight is 298 g/mol. The van der Waals surface area contributed by atoms with Gasteiger partial charge in [-0.3, -0.25) is 4.79 Å². The maximum atomic E-state index is 11.8. The molecule has 5 heteroatoms. The Bertz CT molecular complexity index is 654. The van der Waals surface area contributed by atoms with Gasteiger partial charge < -0.3 is 9.47 Å². The Balaban J connectivity index is 1.88. The van der Waals surface area contributed by atoms with Gasteiger partial charge in [-0.15, -0.1) is 0 Å². The average Bonchev–Trinajstić information content (AvgIpc) is 2.58. The van der Waals surface area contributed by atoms with E-state index in [2.05, 4.69) is 10.5 Å². The van der Waals surface area contributed by atoms with Crippen LogP contribution >= 0.6 is 0 Å². The van der Waals surface area contributed by atoms with Crippen molar-refractivity contribution in [1.29, 1.82) is 0 Å². The number of nitrogens with one attached hydrogen (secondary N) is 1. The van der Waals surface area contributed by atoms with Gasteiger partial charge in [0.2, 0.25) is 0 Å². The molecule has 0 unspecified atom stereocenters. The molecule has 0 atom stereocenters. The molecule has 0 saturated carbocycles. The number of hydrogen-bond donors (Lipinski definition) is 1. The number of carbonyl (C=O) groups excluding carboxylic acids is 1. The van der Waals surface area contributed by atoms with Crippen LogP contribution in [0.4, 0.5) is 0 Å². The van der Waals surface area contributed by atoms with E-state index in [0.29, 0.717) is 11.5 Å². The first-order valence-electron chi connectivity index (χ1n) is 6.85. The molecule has 5 nitrogen and oxygen atoms in total. The van der Waals surface area contributed by atoms with E-state index >= 15 is 0 Å². The number of methoxy groups -OCH3 is 1. The van der Waals surface area contributed by atoms with E-state index in [4.69, 9.17) is 9.47 Å². The van der Waals surface area contributed by atoms with Crippen LogP contribution in [0.15, 0.2) is 59.7 Å². The van der Waals surface area contributed by atoms with Crippen LogP contribution in [-0.2, 0) is 4.79 Å². The summed E-state index contributed by atoms with van der Waals surface area (Å²) in [7, 11) is 1.55. The summed E-state index contributed by atoms with van der Waals surface area (Å²) in [4.78, 5) is 11.8. The number of hydrazone groups is 1. The van der Waals surface area contributed by atoms with Crippen molar-refractivity contribution in [2.24, 2.45) is 5.10 Å². The Labute approximate surface area is 129 Å². The molecule has 1 N–H and O–H groups in total. The Morgan fingerprint density at radius 2 is 1.68 bits per heavy atom. The Kier molecular flexibility index (Phi) is 5.54. The number of rotatable bonds is 6. The molecule has 0 bridgehead atoms. The third-order valence-corrected chi connectivity index (χ3v) is 2.97. The molecule has 0 fully saturated rings. The van der Waals surface area contributed by atoms with Crippen LogP contribution in [0, 0.1) is 0 Å². The maximum Gasteiger partial charge on any atom is 0.277 e. The fourth-order valence-corrected chi connectivity index (χ4v) is 1.80. The summed E-state index contributed by atoms with van der Waals surface area (Å²) in [6, 6.07) is 16.8. The number of hydrogen-bond acceptors (Lipinski definition) is 4. The largest absolute Gasteiger partial charge is 0.493 e. The second-order valence-corrected chi connectivity index (χ2v) is 4.54. The fraction of sp³-hybridized carbons (Fsp3) is 0.176. The fourth-order valence-electron chi connectivity index (χ4n) is 1.80. The predicted octanol–water partition coefficient (Wildman–Crippen LogP) is 2.61. The van der Waals surface area contributed by atoms with Crippen molar-refractivity contribution < 1.29 is 14.3 Å². The van der Waals surface area contributed by atoms with Crippen molar-refractivity contribution in [3.63, 3.8) is 0 Å². The van der Waals surface area contributed by atoms with E-state index in [9.17, 15) is 4.79 Å². The standard InChI is InChI=1S/C17H18N2O3/c1-13(14-8-4-3-5-9-14)18-19-17(20)12-22-16-11-7-6-10-15(16)21-2/h3-11H,12H2,1-2H3,(H,19,20)/b18-13+. The summed E-state index contributed by atoms with van der Waals surface area (Å²) in [5.41, 5.74) is 4.15. The first-order valence-corrected chi connectivity index (χ1v) is 6.85. The first kappa shape index (κ1) is 15.6. The molecule has 0 heterocycles. The van der Waals surface area contributed by atoms with Crippen LogP contribution < -0.4 is 14.9 Å². The number of amides is 1. The maximum absolute atomic E-state index is 11.8. The lowest BCUT2D eigenvalue weighted by molar-refractivity contribution is -0.123. The summed E-state index contributed by atoms with van der Waals surface area (Å²) in [6.07, 6.45) is 0. The molecule has 0 aliphatic heterocycles. The number of para-hydroxylation sites is 2. The van der Waals surface area contributed by atoms with Gasteiger partial charge in [0.15, 0.2) is 18.1 Å². The van der Waals surface area contributed by atoms with E-state index in [-0.39, 0.29) is 12.5 Å². The monoisotopic (exact) mass is 298 g/mol. The highest BCUT2D eigenvalue weighted by atomic mass is 16.5. The lowest BCUT2D eigenvalue weighted by Crippen LogP contribution is -2.25. The van der Waals surface area contributed by atoms with Gasteiger partial charge in [0, 0.05) is 0 Å². The summed E-state index contributed by atoms with van der Waals surface area (Å²) in [5, 5.41) is 4.06. The molecule has 0 aromatic heterocycles. The van der Waals surface area contributed by atoms with E-state index in [1.165, 1.54) is 0 Å². The van der Waals surface area contributed by atoms with Gasteiger partial charge in [0.1, 0.15) is 0 Å². The molecule has 2 aromatic carbocycles. The molecular formula is C17H18N2O3. The molecule has 0 spiro atoms. The molecule has 0 aliphatic carbocycles. The molecule has 0 aliphatic rings. The molecule has 114 valence electrons. The van der Waals surface area contributed by atoms with E-state index in [1.807, 2.05) is 49.4 Å². The molecule has 0 saturated heterocycles. The summed E-state index contributed by atoms with van der Waals surface area (Å²) >= 11 is 0. The molecule has 22 heavy (non-hydrogen) atoms. The number of ether oxygens (including phenoxy) is 2. The van der Waals surface area contributed by atoms with Gasteiger partial charge in [0.05, 0.1) is 12.8 Å². The second-order valence-electron chi connectivity index (χ2n) is 4.54. The van der Waals surface area contributed by atoms with Crippen LogP contribution in [0.1, 0.15) is 12.5 Å². The van der Waals surface area contributed by atoms with Crippen molar-refractivity contribution >= 4 is 11.6 Å². The second kappa shape index (κ2) is 7.83. The zero-order valence-electron chi connectivity index (χ0n) is 12.6. The van der Waals surface area contributed by atoms with E-state index < -0.39 is 0 Å². The molecule has 0 radical (unpaired) electrons. The summed E-state index contributed by atoms with van der Waals surface area (Å²) in [6.45, 7) is 1.70. The number of carbonyl (C=O) groups is 1. The summed E-state index contributed by atoms with van der Waals surface area (Å²) < 4.78 is 10.6. The SMILES string of the molecule is COc1ccccc1OCC(=O)N/N=C(\C)c1ccccc1.